The summed E-state index contributed by atoms with van der Waals surface area (Å²) < 4.78 is 18.4. The fourth-order valence-corrected chi connectivity index (χ4v) is 3.65. The first-order valence-electron chi connectivity index (χ1n) is 9.55. The number of aryl methyl sites for hydroxylation is 2. The van der Waals surface area contributed by atoms with Crippen LogP contribution in [0.25, 0.3) is 16.9 Å². The molecule has 3 heterocycles. The van der Waals surface area contributed by atoms with Crippen molar-refractivity contribution in [1.29, 1.82) is 0 Å². The Hall–Kier alpha value is -2.80. The van der Waals surface area contributed by atoms with E-state index in [0.717, 1.165) is 60.0 Å². The van der Waals surface area contributed by atoms with Gasteiger partial charge in [0.15, 0.2) is 17.1 Å². The second kappa shape index (κ2) is 7.67. The van der Waals surface area contributed by atoms with Crippen molar-refractivity contribution in [3.63, 3.8) is 0 Å². The van der Waals surface area contributed by atoms with Crippen molar-refractivity contribution in [2.75, 3.05) is 32.7 Å². The number of nitrogens with zero attached hydrogens (tertiary/aromatic N) is 3. The molecule has 4 rings (SSSR count). The molecule has 0 aliphatic carbocycles. The van der Waals surface area contributed by atoms with Crippen molar-refractivity contribution in [1.82, 2.24) is 14.6 Å². The van der Waals surface area contributed by atoms with Gasteiger partial charge >= 0.3 is 0 Å². The van der Waals surface area contributed by atoms with Crippen LogP contribution in [0.15, 0.2) is 24.3 Å². The highest BCUT2D eigenvalue weighted by Crippen LogP contribution is 2.34. The van der Waals surface area contributed by atoms with E-state index >= 15 is 0 Å². The highest BCUT2D eigenvalue weighted by molar-refractivity contribution is 5.73. The highest BCUT2D eigenvalue weighted by Gasteiger charge is 2.19. The Bertz CT molecular complexity index is 993. The van der Waals surface area contributed by atoms with Crippen LogP contribution in [0, 0.1) is 13.8 Å². The topological polar surface area (TPSA) is 69.9 Å². The summed E-state index contributed by atoms with van der Waals surface area (Å²) in [5.74, 6) is 2.30. The third kappa shape index (κ3) is 3.38. The monoisotopic (exact) mass is 382 g/mol. The van der Waals surface area contributed by atoms with E-state index in [9.17, 15) is 0 Å². The Morgan fingerprint density at radius 1 is 1.18 bits per heavy atom. The molecule has 1 aromatic carbocycles. The third-order valence-corrected chi connectivity index (χ3v) is 5.14. The lowest BCUT2D eigenvalue weighted by molar-refractivity contribution is 0.120. The van der Waals surface area contributed by atoms with E-state index < -0.39 is 0 Å². The molecule has 148 valence electrons. The van der Waals surface area contributed by atoms with E-state index in [1.54, 1.807) is 14.2 Å². The first kappa shape index (κ1) is 18.6. The summed E-state index contributed by atoms with van der Waals surface area (Å²) in [6, 6.07) is 7.85. The maximum atomic E-state index is 5.73. The van der Waals surface area contributed by atoms with E-state index in [0.29, 0.717) is 11.5 Å². The predicted octanol–water partition coefficient (Wildman–Crippen LogP) is 3.62. The number of rotatable bonds is 6. The van der Waals surface area contributed by atoms with Crippen molar-refractivity contribution in [3.05, 3.63) is 35.5 Å². The van der Waals surface area contributed by atoms with Crippen molar-refractivity contribution in [2.24, 2.45) is 0 Å². The van der Waals surface area contributed by atoms with Crippen molar-refractivity contribution in [2.45, 2.75) is 32.8 Å². The number of benzene rings is 1. The number of hydrogen-bond donors (Lipinski definition) is 1. The maximum Gasteiger partial charge on any atom is 0.161 e. The molecule has 7 nitrogen and oxygen atoms in total. The molecule has 0 bridgehead atoms. The predicted molar refractivity (Wildman–Crippen MR) is 108 cm³/mol. The van der Waals surface area contributed by atoms with Gasteiger partial charge in [0.05, 0.1) is 26.0 Å². The second-order valence-corrected chi connectivity index (χ2v) is 7.08. The van der Waals surface area contributed by atoms with Gasteiger partial charge < -0.3 is 19.5 Å². The van der Waals surface area contributed by atoms with Crippen LogP contribution in [0.2, 0.25) is 0 Å². The van der Waals surface area contributed by atoms with Crippen molar-refractivity contribution < 1.29 is 14.2 Å². The second-order valence-electron chi connectivity index (χ2n) is 7.08. The van der Waals surface area contributed by atoms with Crippen LogP contribution in [-0.4, -0.2) is 48.1 Å². The Morgan fingerprint density at radius 3 is 2.71 bits per heavy atom. The first-order chi connectivity index (χ1) is 13.6. The van der Waals surface area contributed by atoms with Gasteiger partial charge in [0.2, 0.25) is 0 Å². The number of fused-ring (bicyclic) bond motifs is 1. The number of hydrogen-bond acceptors (Lipinski definition) is 6. The van der Waals surface area contributed by atoms with Crippen LogP contribution < -0.4 is 14.8 Å². The van der Waals surface area contributed by atoms with Gasteiger partial charge in [0.25, 0.3) is 0 Å². The van der Waals surface area contributed by atoms with Crippen LogP contribution in [0.3, 0.4) is 0 Å². The van der Waals surface area contributed by atoms with Gasteiger partial charge in [-0.1, -0.05) is 0 Å². The number of nitrogens with one attached hydrogen (secondary N) is 1. The average molecular weight is 382 g/mol. The Balaban J connectivity index is 1.74. The van der Waals surface area contributed by atoms with Crippen LogP contribution >= 0.6 is 0 Å². The summed E-state index contributed by atoms with van der Waals surface area (Å²) in [4.78, 5) is 4.71. The standard InChI is InChI=1S/C21H26N4O3/c1-13-10-19(22-12-16-6-5-9-28-16)25-21(23-13)14(2)20(24-25)15-7-8-17(26-3)18(11-15)27-4/h7-8,10-11,16,22H,5-6,9,12H2,1-4H3/t16-/m0/s1. The molecule has 0 spiro atoms. The summed E-state index contributed by atoms with van der Waals surface area (Å²) in [5.41, 5.74) is 4.66. The maximum absolute atomic E-state index is 5.73. The van der Waals surface area contributed by atoms with E-state index in [-0.39, 0.29) is 6.10 Å². The van der Waals surface area contributed by atoms with E-state index in [4.69, 9.17) is 24.3 Å². The van der Waals surface area contributed by atoms with Crippen LogP contribution in [0.1, 0.15) is 24.1 Å². The lowest BCUT2D eigenvalue weighted by Crippen LogP contribution is -2.20. The third-order valence-electron chi connectivity index (χ3n) is 5.14. The zero-order valence-corrected chi connectivity index (χ0v) is 16.8. The molecule has 1 aliphatic heterocycles. The lowest BCUT2D eigenvalue weighted by atomic mass is 10.1. The highest BCUT2D eigenvalue weighted by atomic mass is 16.5. The van der Waals surface area contributed by atoms with Crippen molar-refractivity contribution in [3.8, 4) is 22.8 Å². The molecule has 1 N–H and O–H groups in total. The average Bonchev–Trinajstić information content (AvgIpc) is 3.34. The van der Waals surface area contributed by atoms with E-state index in [1.165, 1.54) is 0 Å². The summed E-state index contributed by atoms with van der Waals surface area (Å²) >= 11 is 0. The Morgan fingerprint density at radius 2 is 2.00 bits per heavy atom. The first-order valence-corrected chi connectivity index (χ1v) is 9.55. The normalized spacial score (nSPS) is 16.5. The number of anilines is 1. The molecular formula is C21H26N4O3. The summed E-state index contributed by atoms with van der Waals surface area (Å²) in [6.45, 7) is 5.66. The molecule has 0 radical (unpaired) electrons. The smallest absolute Gasteiger partial charge is 0.161 e. The van der Waals surface area contributed by atoms with Gasteiger partial charge in [-0.05, 0) is 44.9 Å². The SMILES string of the molecule is COc1ccc(-c2nn3c(NC[C@@H]4CCCO4)cc(C)nc3c2C)cc1OC. The van der Waals surface area contributed by atoms with E-state index in [1.807, 2.05) is 42.6 Å². The minimum Gasteiger partial charge on any atom is -0.493 e. The van der Waals surface area contributed by atoms with Gasteiger partial charge in [0, 0.05) is 36.0 Å². The quantitative estimate of drug-likeness (QED) is 0.702. The number of ether oxygens (including phenoxy) is 3. The summed E-state index contributed by atoms with van der Waals surface area (Å²) in [6.07, 6.45) is 2.47. The van der Waals surface area contributed by atoms with Gasteiger partial charge in [-0.3, -0.25) is 0 Å². The van der Waals surface area contributed by atoms with Crippen LogP contribution in [-0.2, 0) is 4.74 Å². The van der Waals surface area contributed by atoms with Gasteiger partial charge in [-0.2, -0.15) is 9.61 Å². The molecular weight excluding hydrogens is 356 g/mol. The van der Waals surface area contributed by atoms with E-state index in [2.05, 4.69) is 5.32 Å². The Labute approximate surface area is 164 Å². The lowest BCUT2D eigenvalue weighted by Gasteiger charge is -2.13. The minimum atomic E-state index is 0.255. The zero-order valence-electron chi connectivity index (χ0n) is 16.8. The molecule has 0 amide bonds. The largest absolute Gasteiger partial charge is 0.493 e. The van der Waals surface area contributed by atoms with Crippen molar-refractivity contribution >= 4 is 11.5 Å². The van der Waals surface area contributed by atoms with Crippen LogP contribution in [0.4, 0.5) is 5.82 Å². The molecule has 2 aromatic heterocycles. The number of methoxy groups -OCH3 is 2. The minimum absolute atomic E-state index is 0.255. The summed E-state index contributed by atoms with van der Waals surface area (Å²) in [5, 5.41) is 8.35. The fourth-order valence-electron chi connectivity index (χ4n) is 3.65. The molecule has 28 heavy (non-hydrogen) atoms. The molecule has 1 fully saturated rings. The molecule has 1 saturated heterocycles. The molecule has 7 heteroatoms. The van der Waals surface area contributed by atoms with Gasteiger partial charge in [-0.25, -0.2) is 4.98 Å². The fraction of sp³-hybridized carbons (Fsp3) is 0.429. The van der Waals surface area contributed by atoms with Crippen LogP contribution in [0.5, 0.6) is 11.5 Å². The molecule has 0 saturated carbocycles. The summed E-state index contributed by atoms with van der Waals surface area (Å²) in [7, 11) is 3.27. The van der Waals surface area contributed by atoms with Gasteiger partial charge in [0.1, 0.15) is 5.82 Å². The Kier molecular flexibility index (Phi) is 5.09. The van der Waals surface area contributed by atoms with Gasteiger partial charge in [-0.15, -0.1) is 0 Å². The zero-order chi connectivity index (χ0) is 19.7. The molecule has 3 aromatic rings. The number of aromatic nitrogens is 3. The molecule has 1 atom stereocenters. The molecule has 0 unspecified atom stereocenters. The molecule has 1 aliphatic rings.